The van der Waals surface area contributed by atoms with Gasteiger partial charge in [0.15, 0.2) is 5.78 Å². The van der Waals surface area contributed by atoms with Crippen LogP contribution in [0, 0.1) is 5.92 Å². The van der Waals surface area contributed by atoms with Gasteiger partial charge < -0.3 is 11.1 Å². The van der Waals surface area contributed by atoms with Crippen molar-refractivity contribution in [3.8, 4) is 0 Å². The van der Waals surface area contributed by atoms with Crippen molar-refractivity contribution in [2.45, 2.75) is 44.6 Å². The zero-order valence-corrected chi connectivity index (χ0v) is 12.2. The Bertz CT molecular complexity index is 405. The number of rotatable bonds is 7. The molecule has 1 aliphatic rings. The van der Waals surface area contributed by atoms with E-state index in [0.717, 1.165) is 24.4 Å². The zero-order valence-electron chi connectivity index (χ0n) is 12.2. The Kier molecular flexibility index (Phi) is 6.22. The third kappa shape index (κ3) is 4.73. The van der Waals surface area contributed by atoms with Gasteiger partial charge in [0.05, 0.1) is 6.54 Å². The maximum absolute atomic E-state index is 12.1. The maximum atomic E-state index is 12.1. The molecule has 0 spiro atoms. The molecule has 0 saturated heterocycles. The summed E-state index contributed by atoms with van der Waals surface area (Å²) in [5.74, 6) is 0.978. The molecule has 0 aliphatic heterocycles. The monoisotopic (exact) mass is 274 g/mol. The molecule has 1 fully saturated rings. The van der Waals surface area contributed by atoms with Crippen molar-refractivity contribution in [3.63, 3.8) is 0 Å². The third-order valence-corrected chi connectivity index (χ3v) is 4.25. The van der Waals surface area contributed by atoms with E-state index in [1.165, 1.54) is 32.1 Å². The summed E-state index contributed by atoms with van der Waals surface area (Å²) in [5, 5.41) is 3.45. The van der Waals surface area contributed by atoms with Gasteiger partial charge in [-0.3, -0.25) is 4.79 Å². The number of nitrogens with one attached hydrogen (secondary N) is 1. The molecule has 3 N–H and O–H groups in total. The first kappa shape index (κ1) is 15.2. The summed E-state index contributed by atoms with van der Waals surface area (Å²) < 4.78 is 0. The molecule has 0 radical (unpaired) electrons. The minimum Gasteiger partial charge on any atom is -0.330 e. The standard InChI is InChI=1S/C17H26N2O/c18-11-5-7-14-6-4-10-16(12-14)19-13-17(20)15-8-2-1-3-9-15/h1-3,8-9,14,16,19H,4-7,10-13,18H2. The Balaban J connectivity index is 1.74. The summed E-state index contributed by atoms with van der Waals surface area (Å²) in [7, 11) is 0. The summed E-state index contributed by atoms with van der Waals surface area (Å²) in [4.78, 5) is 12.1. The quantitative estimate of drug-likeness (QED) is 0.752. The lowest BCUT2D eigenvalue weighted by molar-refractivity contribution is 0.0982. The molecule has 0 heterocycles. The second-order valence-corrected chi connectivity index (χ2v) is 5.83. The Labute approximate surface area is 121 Å². The summed E-state index contributed by atoms with van der Waals surface area (Å²) in [6.07, 6.45) is 7.35. The van der Waals surface area contributed by atoms with Crippen molar-refractivity contribution in [1.29, 1.82) is 0 Å². The smallest absolute Gasteiger partial charge is 0.176 e. The van der Waals surface area contributed by atoms with Crippen molar-refractivity contribution in [2.75, 3.05) is 13.1 Å². The van der Waals surface area contributed by atoms with Gasteiger partial charge in [-0.1, -0.05) is 43.2 Å². The molecule has 3 nitrogen and oxygen atoms in total. The summed E-state index contributed by atoms with van der Waals surface area (Å²) in [6.45, 7) is 1.25. The van der Waals surface area contributed by atoms with Crippen molar-refractivity contribution in [1.82, 2.24) is 5.32 Å². The van der Waals surface area contributed by atoms with Crippen molar-refractivity contribution >= 4 is 5.78 Å². The summed E-state index contributed by atoms with van der Waals surface area (Å²) >= 11 is 0. The number of hydrogen-bond acceptors (Lipinski definition) is 3. The highest BCUT2D eigenvalue weighted by molar-refractivity contribution is 5.97. The number of nitrogens with two attached hydrogens (primary N) is 1. The van der Waals surface area contributed by atoms with Crippen LogP contribution in [0.4, 0.5) is 0 Å². The average molecular weight is 274 g/mol. The van der Waals surface area contributed by atoms with Crippen LogP contribution in [0.2, 0.25) is 0 Å². The first-order chi connectivity index (χ1) is 9.79. The van der Waals surface area contributed by atoms with E-state index in [2.05, 4.69) is 5.32 Å². The fraction of sp³-hybridized carbons (Fsp3) is 0.588. The first-order valence-electron chi connectivity index (χ1n) is 7.81. The second-order valence-electron chi connectivity index (χ2n) is 5.83. The van der Waals surface area contributed by atoms with Gasteiger partial charge in [-0.25, -0.2) is 0 Å². The Morgan fingerprint density at radius 3 is 2.80 bits per heavy atom. The topological polar surface area (TPSA) is 55.1 Å². The van der Waals surface area contributed by atoms with Crippen molar-refractivity contribution in [3.05, 3.63) is 35.9 Å². The fourth-order valence-electron chi connectivity index (χ4n) is 3.11. The van der Waals surface area contributed by atoms with Gasteiger partial charge >= 0.3 is 0 Å². The number of ketones is 1. The van der Waals surface area contributed by atoms with Crippen LogP contribution in [0.5, 0.6) is 0 Å². The lowest BCUT2D eigenvalue weighted by atomic mass is 9.83. The van der Waals surface area contributed by atoms with Crippen LogP contribution in [0.1, 0.15) is 48.9 Å². The van der Waals surface area contributed by atoms with Crippen LogP contribution in [-0.2, 0) is 0 Å². The third-order valence-electron chi connectivity index (χ3n) is 4.25. The van der Waals surface area contributed by atoms with E-state index in [0.29, 0.717) is 12.6 Å². The fourth-order valence-corrected chi connectivity index (χ4v) is 3.11. The normalized spacial score (nSPS) is 22.6. The molecule has 1 aliphatic carbocycles. The molecule has 2 atom stereocenters. The van der Waals surface area contributed by atoms with E-state index in [4.69, 9.17) is 5.73 Å². The van der Waals surface area contributed by atoms with Crippen LogP contribution < -0.4 is 11.1 Å². The molecule has 3 heteroatoms. The molecule has 0 aromatic heterocycles. The van der Waals surface area contributed by atoms with Crippen LogP contribution >= 0.6 is 0 Å². The van der Waals surface area contributed by atoms with E-state index < -0.39 is 0 Å². The van der Waals surface area contributed by atoms with Gasteiger partial charge in [-0.15, -0.1) is 0 Å². The number of carbonyl (C=O) groups excluding carboxylic acids is 1. The molecule has 2 rings (SSSR count). The van der Waals surface area contributed by atoms with Crippen molar-refractivity contribution < 1.29 is 4.79 Å². The van der Waals surface area contributed by atoms with Gasteiger partial charge in [0, 0.05) is 11.6 Å². The van der Waals surface area contributed by atoms with Gasteiger partial charge in [0.1, 0.15) is 0 Å². The van der Waals surface area contributed by atoms with Crippen LogP contribution in [0.25, 0.3) is 0 Å². The van der Waals surface area contributed by atoms with Gasteiger partial charge in [0.2, 0.25) is 0 Å². The summed E-state index contributed by atoms with van der Waals surface area (Å²) in [5.41, 5.74) is 6.38. The SMILES string of the molecule is NCCCC1CCCC(NCC(=O)c2ccccc2)C1. The largest absolute Gasteiger partial charge is 0.330 e. The minimum atomic E-state index is 0.190. The molecule has 0 bridgehead atoms. The number of carbonyl (C=O) groups is 1. The number of Topliss-reactive ketones (excluding diaryl/α,β-unsaturated/α-hetero) is 1. The molecule has 1 aromatic rings. The van der Waals surface area contributed by atoms with E-state index >= 15 is 0 Å². The Morgan fingerprint density at radius 2 is 2.05 bits per heavy atom. The molecular weight excluding hydrogens is 248 g/mol. The predicted octanol–water partition coefficient (Wildman–Crippen LogP) is 2.76. The lowest BCUT2D eigenvalue weighted by Crippen LogP contribution is -2.37. The average Bonchev–Trinajstić information content (AvgIpc) is 2.52. The van der Waals surface area contributed by atoms with Crippen LogP contribution in [0.3, 0.4) is 0 Å². The molecule has 20 heavy (non-hydrogen) atoms. The highest BCUT2D eigenvalue weighted by Crippen LogP contribution is 2.27. The Morgan fingerprint density at radius 1 is 1.25 bits per heavy atom. The van der Waals surface area contributed by atoms with Gasteiger partial charge in [-0.05, 0) is 38.1 Å². The van der Waals surface area contributed by atoms with E-state index in [-0.39, 0.29) is 5.78 Å². The van der Waals surface area contributed by atoms with E-state index in [1.54, 1.807) is 0 Å². The lowest BCUT2D eigenvalue weighted by Gasteiger charge is -2.29. The van der Waals surface area contributed by atoms with Gasteiger partial charge in [-0.2, -0.15) is 0 Å². The Hall–Kier alpha value is -1.19. The van der Waals surface area contributed by atoms with E-state index in [1.807, 2.05) is 30.3 Å². The number of hydrogen-bond donors (Lipinski definition) is 2. The molecule has 110 valence electrons. The molecule has 2 unspecified atom stereocenters. The van der Waals surface area contributed by atoms with Crippen LogP contribution in [-0.4, -0.2) is 24.9 Å². The summed E-state index contributed by atoms with van der Waals surface area (Å²) in [6, 6.07) is 10.0. The zero-order chi connectivity index (χ0) is 14.2. The van der Waals surface area contributed by atoms with Crippen molar-refractivity contribution in [2.24, 2.45) is 11.7 Å². The predicted molar refractivity (Wildman–Crippen MR) is 82.8 cm³/mol. The van der Waals surface area contributed by atoms with E-state index in [9.17, 15) is 4.79 Å². The highest BCUT2D eigenvalue weighted by atomic mass is 16.1. The first-order valence-corrected chi connectivity index (χ1v) is 7.81. The van der Waals surface area contributed by atoms with Crippen LogP contribution in [0.15, 0.2) is 30.3 Å². The molecule has 1 aromatic carbocycles. The molecule has 0 amide bonds. The minimum absolute atomic E-state index is 0.190. The maximum Gasteiger partial charge on any atom is 0.176 e. The molecular formula is C17H26N2O. The second kappa shape index (κ2) is 8.18. The molecule has 1 saturated carbocycles. The van der Waals surface area contributed by atoms with Gasteiger partial charge in [0.25, 0.3) is 0 Å². The number of benzene rings is 1. The highest BCUT2D eigenvalue weighted by Gasteiger charge is 2.21.